The van der Waals surface area contributed by atoms with Crippen molar-refractivity contribution >= 4 is 6.01 Å². The average Bonchev–Trinajstić information content (AvgIpc) is 3.01. The molecule has 5 heteroatoms. The Balaban J connectivity index is 1.23. The Morgan fingerprint density at radius 2 is 1.57 bits per heavy atom. The molecule has 2 saturated heterocycles. The van der Waals surface area contributed by atoms with Crippen molar-refractivity contribution in [3.8, 4) is 0 Å². The Kier molecular flexibility index (Phi) is 3.86. The van der Waals surface area contributed by atoms with E-state index in [0.29, 0.717) is 6.04 Å². The molecule has 1 aromatic heterocycles. The van der Waals surface area contributed by atoms with Crippen molar-refractivity contribution in [1.82, 2.24) is 14.8 Å². The molecule has 3 aliphatic rings. The lowest BCUT2D eigenvalue weighted by molar-refractivity contribution is 0.0479. The lowest BCUT2D eigenvalue weighted by Crippen LogP contribution is -2.64. The highest BCUT2D eigenvalue weighted by Gasteiger charge is 2.36. The second kappa shape index (κ2) is 5.97. The van der Waals surface area contributed by atoms with E-state index in [4.69, 9.17) is 4.42 Å². The number of anilines is 1. The zero-order valence-electron chi connectivity index (χ0n) is 12.8. The molecule has 0 aromatic carbocycles. The van der Waals surface area contributed by atoms with Gasteiger partial charge in [0.15, 0.2) is 0 Å². The molecule has 3 fully saturated rings. The molecule has 0 atom stereocenters. The molecule has 3 heterocycles. The van der Waals surface area contributed by atoms with Crippen molar-refractivity contribution in [3.63, 3.8) is 0 Å². The molecular weight excluding hydrogens is 264 g/mol. The maximum absolute atomic E-state index is 5.36. The topological polar surface area (TPSA) is 35.8 Å². The smallest absolute Gasteiger partial charge is 0.297 e. The van der Waals surface area contributed by atoms with Crippen molar-refractivity contribution < 1.29 is 4.42 Å². The molecule has 4 rings (SSSR count). The van der Waals surface area contributed by atoms with Crippen LogP contribution in [0.15, 0.2) is 16.9 Å². The molecule has 0 radical (unpaired) electrons. The first-order chi connectivity index (χ1) is 10.4. The molecule has 0 bridgehead atoms. The fraction of sp³-hybridized carbons (Fsp3) is 0.812. The second-order valence-electron chi connectivity index (χ2n) is 6.74. The van der Waals surface area contributed by atoms with Crippen LogP contribution in [0, 0.1) is 0 Å². The van der Waals surface area contributed by atoms with Gasteiger partial charge in [-0.2, -0.15) is 0 Å². The number of aromatic nitrogens is 1. The first-order valence-corrected chi connectivity index (χ1v) is 8.53. The van der Waals surface area contributed by atoms with Gasteiger partial charge in [0, 0.05) is 51.4 Å². The molecule has 116 valence electrons. The van der Waals surface area contributed by atoms with Crippen molar-refractivity contribution in [2.75, 3.05) is 44.2 Å². The summed E-state index contributed by atoms with van der Waals surface area (Å²) in [7, 11) is 0. The maximum atomic E-state index is 5.36. The van der Waals surface area contributed by atoms with Crippen LogP contribution in [0.25, 0.3) is 0 Å². The van der Waals surface area contributed by atoms with Gasteiger partial charge in [0.1, 0.15) is 6.26 Å². The molecular formula is C16H26N4O. The zero-order chi connectivity index (χ0) is 14.1. The van der Waals surface area contributed by atoms with E-state index in [-0.39, 0.29) is 0 Å². The average molecular weight is 290 g/mol. The molecule has 0 unspecified atom stereocenters. The summed E-state index contributed by atoms with van der Waals surface area (Å²) in [5.74, 6) is 0. The fourth-order valence-corrected chi connectivity index (χ4v) is 4.13. The SMILES string of the molecule is c1coc(N2CC(N3CCN(C4CCCCC4)CC3)C2)n1. The summed E-state index contributed by atoms with van der Waals surface area (Å²) < 4.78 is 5.36. The normalized spacial score (nSPS) is 27.0. The zero-order valence-corrected chi connectivity index (χ0v) is 12.8. The number of piperazine rings is 1. The third-order valence-electron chi connectivity index (χ3n) is 5.51. The summed E-state index contributed by atoms with van der Waals surface area (Å²) in [6.07, 6.45) is 10.6. The van der Waals surface area contributed by atoms with Crippen LogP contribution in [-0.4, -0.2) is 66.1 Å². The standard InChI is InChI=1S/C16H26N4O/c1-2-4-14(5-3-1)18-7-9-19(10-8-18)15-12-20(13-15)16-17-6-11-21-16/h6,11,14-15H,1-5,7-10,12-13H2. The largest absolute Gasteiger partial charge is 0.432 e. The van der Waals surface area contributed by atoms with E-state index in [1.807, 2.05) is 0 Å². The van der Waals surface area contributed by atoms with E-state index in [9.17, 15) is 0 Å². The third kappa shape index (κ3) is 2.81. The summed E-state index contributed by atoms with van der Waals surface area (Å²) in [6, 6.07) is 2.36. The Morgan fingerprint density at radius 1 is 0.905 bits per heavy atom. The molecule has 0 spiro atoms. The highest BCUT2D eigenvalue weighted by molar-refractivity contribution is 5.31. The van der Waals surface area contributed by atoms with Crippen LogP contribution in [0.2, 0.25) is 0 Å². The van der Waals surface area contributed by atoms with E-state index >= 15 is 0 Å². The quantitative estimate of drug-likeness (QED) is 0.848. The lowest BCUT2D eigenvalue weighted by atomic mass is 9.93. The van der Waals surface area contributed by atoms with Crippen LogP contribution in [0.3, 0.4) is 0 Å². The highest BCUT2D eigenvalue weighted by Crippen LogP contribution is 2.26. The van der Waals surface area contributed by atoms with Gasteiger partial charge in [-0.1, -0.05) is 19.3 Å². The Hall–Kier alpha value is -1.07. The number of hydrogen-bond donors (Lipinski definition) is 0. The van der Waals surface area contributed by atoms with Crippen LogP contribution in [0.5, 0.6) is 0 Å². The minimum Gasteiger partial charge on any atom is -0.432 e. The van der Waals surface area contributed by atoms with E-state index in [2.05, 4.69) is 19.7 Å². The van der Waals surface area contributed by atoms with Crippen molar-refractivity contribution in [2.45, 2.75) is 44.2 Å². The van der Waals surface area contributed by atoms with Gasteiger partial charge in [-0.05, 0) is 12.8 Å². The number of oxazole rings is 1. The van der Waals surface area contributed by atoms with Crippen LogP contribution >= 0.6 is 0 Å². The van der Waals surface area contributed by atoms with Crippen LogP contribution in [0.4, 0.5) is 6.01 Å². The molecule has 0 N–H and O–H groups in total. The van der Waals surface area contributed by atoms with Gasteiger partial charge in [0.05, 0.1) is 6.20 Å². The molecule has 1 aliphatic carbocycles. The number of hydrogen-bond acceptors (Lipinski definition) is 5. The first kappa shape index (κ1) is 13.6. The molecule has 2 aliphatic heterocycles. The predicted molar refractivity (Wildman–Crippen MR) is 82.5 cm³/mol. The molecule has 1 aromatic rings. The molecule has 21 heavy (non-hydrogen) atoms. The maximum Gasteiger partial charge on any atom is 0.297 e. The van der Waals surface area contributed by atoms with Gasteiger partial charge in [0.25, 0.3) is 6.01 Å². The predicted octanol–water partition coefficient (Wildman–Crippen LogP) is 1.81. The van der Waals surface area contributed by atoms with Gasteiger partial charge in [0.2, 0.25) is 0 Å². The number of rotatable bonds is 3. The Bertz CT molecular complexity index is 429. The van der Waals surface area contributed by atoms with Crippen LogP contribution in [-0.2, 0) is 0 Å². The fourth-order valence-electron chi connectivity index (χ4n) is 4.13. The molecule has 0 amide bonds. The van der Waals surface area contributed by atoms with E-state index in [0.717, 1.165) is 25.1 Å². The molecule has 1 saturated carbocycles. The van der Waals surface area contributed by atoms with Gasteiger partial charge in [-0.15, -0.1) is 0 Å². The Morgan fingerprint density at radius 3 is 2.19 bits per heavy atom. The number of nitrogens with zero attached hydrogens (tertiary/aromatic N) is 4. The van der Waals surface area contributed by atoms with Crippen molar-refractivity contribution in [2.24, 2.45) is 0 Å². The summed E-state index contributed by atoms with van der Waals surface area (Å²) in [5, 5.41) is 0. The van der Waals surface area contributed by atoms with Crippen LogP contribution in [0.1, 0.15) is 32.1 Å². The Labute approximate surface area is 126 Å². The van der Waals surface area contributed by atoms with E-state index in [1.54, 1.807) is 12.5 Å². The minimum absolute atomic E-state index is 0.699. The third-order valence-corrected chi connectivity index (χ3v) is 5.51. The first-order valence-electron chi connectivity index (χ1n) is 8.53. The molecule has 5 nitrogen and oxygen atoms in total. The summed E-state index contributed by atoms with van der Waals surface area (Å²) in [6.45, 7) is 7.15. The summed E-state index contributed by atoms with van der Waals surface area (Å²) >= 11 is 0. The van der Waals surface area contributed by atoms with E-state index < -0.39 is 0 Å². The second-order valence-corrected chi connectivity index (χ2v) is 6.74. The summed E-state index contributed by atoms with van der Waals surface area (Å²) in [5.41, 5.74) is 0. The van der Waals surface area contributed by atoms with Crippen LogP contribution < -0.4 is 4.90 Å². The monoisotopic (exact) mass is 290 g/mol. The van der Waals surface area contributed by atoms with Crippen molar-refractivity contribution in [1.29, 1.82) is 0 Å². The highest BCUT2D eigenvalue weighted by atomic mass is 16.4. The van der Waals surface area contributed by atoms with E-state index in [1.165, 1.54) is 58.3 Å². The van der Waals surface area contributed by atoms with Crippen molar-refractivity contribution in [3.05, 3.63) is 12.5 Å². The van der Waals surface area contributed by atoms with Gasteiger partial charge < -0.3 is 9.32 Å². The van der Waals surface area contributed by atoms with Gasteiger partial charge in [-0.3, -0.25) is 9.80 Å². The van der Waals surface area contributed by atoms with Gasteiger partial charge >= 0.3 is 0 Å². The lowest BCUT2D eigenvalue weighted by Gasteiger charge is -2.49. The van der Waals surface area contributed by atoms with Gasteiger partial charge in [-0.25, -0.2) is 4.98 Å². The minimum atomic E-state index is 0.699. The summed E-state index contributed by atoms with van der Waals surface area (Å²) in [4.78, 5) is 11.9.